The van der Waals surface area contributed by atoms with Crippen LogP contribution in [0.5, 0.6) is 0 Å². The molecule has 2 atom stereocenters. The quantitative estimate of drug-likeness (QED) is 0.569. The zero-order valence-electron chi connectivity index (χ0n) is 14.8. The summed E-state index contributed by atoms with van der Waals surface area (Å²) in [6, 6.07) is 9.80. The number of hydrogen-bond acceptors (Lipinski definition) is 6. The highest BCUT2D eigenvalue weighted by Crippen LogP contribution is 2.24. The lowest BCUT2D eigenvalue weighted by Gasteiger charge is -2.19. The molecule has 140 valence electrons. The molecule has 4 rings (SSSR count). The van der Waals surface area contributed by atoms with E-state index >= 15 is 0 Å². The number of nitrogens with zero attached hydrogens (tertiary/aromatic N) is 3. The maximum atomic E-state index is 11.4. The van der Waals surface area contributed by atoms with Crippen LogP contribution in [0.25, 0.3) is 22.3 Å². The zero-order chi connectivity index (χ0) is 18.8. The third-order valence-electron chi connectivity index (χ3n) is 4.78. The third-order valence-corrected chi connectivity index (χ3v) is 4.78. The van der Waals surface area contributed by atoms with Crippen LogP contribution in [0.15, 0.2) is 47.8 Å². The smallest absolute Gasteiger partial charge is 0.340 e. The van der Waals surface area contributed by atoms with Crippen LogP contribution in [-0.4, -0.2) is 55.6 Å². The fraction of sp³-hybridized carbons (Fsp3) is 0.316. The number of hydrogen-bond donors (Lipinski definition) is 3. The number of aliphatic hydroxyl groups excluding tert-OH is 1. The first-order valence-corrected chi connectivity index (χ1v) is 8.84. The van der Waals surface area contributed by atoms with E-state index in [1.165, 1.54) is 6.08 Å². The summed E-state index contributed by atoms with van der Waals surface area (Å²) in [7, 11) is 0. The minimum absolute atomic E-state index is 0.0222. The number of aromatic nitrogens is 4. The lowest BCUT2D eigenvalue weighted by atomic mass is 10.1. The van der Waals surface area contributed by atoms with E-state index in [9.17, 15) is 9.90 Å². The first kappa shape index (κ1) is 17.6. The van der Waals surface area contributed by atoms with Gasteiger partial charge >= 0.3 is 5.69 Å². The monoisotopic (exact) mass is 367 g/mol. The molecule has 0 aliphatic carbocycles. The second-order valence-electron chi connectivity index (χ2n) is 6.57. The van der Waals surface area contributed by atoms with Crippen LogP contribution >= 0.6 is 0 Å². The number of rotatable bonds is 6. The van der Waals surface area contributed by atoms with Gasteiger partial charge in [-0.05, 0) is 23.9 Å². The number of aromatic amines is 2. The van der Waals surface area contributed by atoms with Gasteiger partial charge in [0.1, 0.15) is 11.9 Å². The summed E-state index contributed by atoms with van der Waals surface area (Å²) in [6.45, 7) is 5.38. The van der Waals surface area contributed by atoms with Gasteiger partial charge in [-0.15, -0.1) is 0 Å². The molecule has 1 aliphatic rings. The number of aliphatic hydroxyl groups is 1. The highest BCUT2D eigenvalue weighted by molar-refractivity contribution is 5.87. The van der Waals surface area contributed by atoms with Crippen molar-refractivity contribution in [1.82, 2.24) is 25.1 Å². The van der Waals surface area contributed by atoms with Crippen molar-refractivity contribution in [3.8, 4) is 11.5 Å². The molecule has 8 heteroatoms. The van der Waals surface area contributed by atoms with Gasteiger partial charge < -0.3 is 9.84 Å². The Balaban J connectivity index is 1.57. The Hall–Kier alpha value is -2.81. The van der Waals surface area contributed by atoms with Crippen molar-refractivity contribution in [3.05, 3.63) is 59.2 Å². The lowest BCUT2D eigenvalue weighted by molar-refractivity contribution is 0.0178. The van der Waals surface area contributed by atoms with Crippen LogP contribution in [0, 0.1) is 0 Å². The molecule has 0 amide bonds. The van der Waals surface area contributed by atoms with Gasteiger partial charge in [0.05, 0.1) is 18.4 Å². The Kier molecular flexibility index (Phi) is 4.85. The molecule has 1 aliphatic heterocycles. The molecular formula is C19H21N5O3. The molecule has 1 unspecified atom stereocenters. The standard InChI is InChI=1S/C19H21N5O3/c1-2-17(25)24-8-7-13(10-24)27-11-16-14-6-4-3-5-12(14)9-15(20-16)18-21-19(26)23-22-18/h2-6,9,13,17,25H,1,7-8,10-11H2,(H2,21,22,23,26)/t13-,17?/m0/s1. The minimum atomic E-state index is -0.641. The van der Waals surface area contributed by atoms with Gasteiger partial charge in [0.15, 0.2) is 5.82 Å². The third kappa shape index (κ3) is 3.68. The normalized spacial score (nSPS) is 18.8. The van der Waals surface area contributed by atoms with Crippen LogP contribution in [0.2, 0.25) is 0 Å². The van der Waals surface area contributed by atoms with Crippen molar-refractivity contribution < 1.29 is 9.84 Å². The minimum Gasteiger partial charge on any atom is -0.375 e. The SMILES string of the molecule is C=CC(O)N1CC[C@H](OCc2nc(-c3n[nH]c(=O)[nH]3)cc3ccccc23)C1. The van der Waals surface area contributed by atoms with Gasteiger partial charge in [0, 0.05) is 18.5 Å². The molecule has 1 saturated heterocycles. The van der Waals surface area contributed by atoms with E-state index in [-0.39, 0.29) is 11.8 Å². The predicted octanol–water partition coefficient (Wildman–Crippen LogP) is 1.41. The largest absolute Gasteiger partial charge is 0.375 e. The van der Waals surface area contributed by atoms with E-state index in [4.69, 9.17) is 4.74 Å². The van der Waals surface area contributed by atoms with Crippen molar-refractivity contribution in [1.29, 1.82) is 0 Å². The first-order chi connectivity index (χ1) is 13.1. The first-order valence-electron chi connectivity index (χ1n) is 8.84. The molecule has 3 aromatic rings. The second kappa shape index (κ2) is 7.43. The molecule has 0 bridgehead atoms. The Bertz CT molecular complexity index is 1010. The maximum Gasteiger partial charge on any atom is 0.340 e. The number of H-pyrrole nitrogens is 2. The summed E-state index contributed by atoms with van der Waals surface area (Å²) in [5.41, 5.74) is 1.00. The molecule has 0 saturated carbocycles. The van der Waals surface area contributed by atoms with Gasteiger partial charge in [-0.25, -0.2) is 14.9 Å². The van der Waals surface area contributed by atoms with Gasteiger partial charge in [-0.3, -0.25) is 9.88 Å². The van der Waals surface area contributed by atoms with E-state index in [0.29, 0.717) is 24.7 Å². The van der Waals surface area contributed by atoms with Crippen LogP contribution in [0.4, 0.5) is 0 Å². The molecular weight excluding hydrogens is 346 g/mol. The lowest BCUT2D eigenvalue weighted by Crippen LogP contribution is -2.32. The van der Waals surface area contributed by atoms with Crippen LogP contribution in [-0.2, 0) is 11.3 Å². The Morgan fingerprint density at radius 3 is 3.07 bits per heavy atom. The average Bonchev–Trinajstić information content (AvgIpc) is 3.34. The highest BCUT2D eigenvalue weighted by atomic mass is 16.5. The van der Waals surface area contributed by atoms with Crippen molar-refractivity contribution in [3.63, 3.8) is 0 Å². The summed E-state index contributed by atoms with van der Waals surface area (Å²) < 4.78 is 6.07. The fourth-order valence-electron chi connectivity index (χ4n) is 3.37. The van der Waals surface area contributed by atoms with E-state index < -0.39 is 6.23 Å². The summed E-state index contributed by atoms with van der Waals surface area (Å²) in [5.74, 6) is 0.396. The average molecular weight is 367 g/mol. The van der Waals surface area contributed by atoms with Crippen LogP contribution in [0.3, 0.4) is 0 Å². The maximum absolute atomic E-state index is 11.4. The van der Waals surface area contributed by atoms with Crippen LogP contribution < -0.4 is 5.69 Å². The van der Waals surface area contributed by atoms with E-state index in [1.807, 2.05) is 35.2 Å². The predicted molar refractivity (Wildman–Crippen MR) is 101 cm³/mol. The second-order valence-corrected chi connectivity index (χ2v) is 6.57. The molecule has 0 spiro atoms. The van der Waals surface area contributed by atoms with E-state index in [2.05, 4.69) is 26.7 Å². The molecule has 3 heterocycles. The Labute approximate surface area is 155 Å². The van der Waals surface area contributed by atoms with Gasteiger partial charge in [-0.1, -0.05) is 30.8 Å². The number of likely N-dealkylation sites (tertiary alicyclic amines) is 1. The van der Waals surface area contributed by atoms with Gasteiger partial charge in [0.25, 0.3) is 0 Å². The van der Waals surface area contributed by atoms with Crippen molar-refractivity contribution in [2.24, 2.45) is 0 Å². The summed E-state index contributed by atoms with van der Waals surface area (Å²) >= 11 is 0. The summed E-state index contributed by atoms with van der Waals surface area (Å²) in [6.07, 6.45) is 1.74. The van der Waals surface area contributed by atoms with Crippen LogP contribution in [0.1, 0.15) is 12.1 Å². The number of ether oxygens (including phenoxy) is 1. The highest BCUT2D eigenvalue weighted by Gasteiger charge is 2.26. The van der Waals surface area contributed by atoms with E-state index in [0.717, 1.165) is 29.4 Å². The molecule has 0 radical (unpaired) electrons. The molecule has 1 fully saturated rings. The molecule has 3 N–H and O–H groups in total. The Morgan fingerprint density at radius 2 is 2.30 bits per heavy atom. The number of fused-ring (bicyclic) bond motifs is 1. The topological polar surface area (TPSA) is 107 Å². The summed E-state index contributed by atoms with van der Waals surface area (Å²) in [4.78, 5) is 20.6. The fourth-order valence-corrected chi connectivity index (χ4v) is 3.37. The van der Waals surface area contributed by atoms with Crippen molar-refractivity contribution in [2.75, 3.05) is 13.1 Å². The number of pyridine rings is 1. The van der Waals surface area contributed by atoms with Crippen molar-refractivity contribution in [2.45, 2.75) is 25.4 Å². The summed E-state index contributed by atoms with van der Waals surface area (Å²) in [5, 5.41) is 18.2. The molecule has 1 aromatic carbocycles. The van der Waals surface area contributed by atoms with Crippen molar-refractivity contribution >= 4 is 10.8 Å². The molecule has 2 aromatic heterocycles. The Morgan fingerprint density at radius 1 is 1.44 bits per heavy atom. The molecule has 27 heavy (non-hydrogen) atoms. The van der Waals surface area contributed by atoms with Gasteiger partial charge in [0.2, 0.25) is 0 Å². The number of benzene rings is 1. The van der Waals surface area contributed by atoms with Gasteiger partial charge in [-0.2, -0.15) is 5.10 Å². The number of nitrogens with one attached hydrogen (secondary N) is 2. The van der Waals surface area contributed by atoms with E-state index in [1.54, 1.807) is 0 Å². The molecule has 8 nitrogen and oxygen atoms in total. The zero-order valence-corrected chi connectivity index (χ0v) is 14.8.